The van der Waals surface area contributed by atoms with Crippen LogP contribution < -0.4 is 0 Å². The van der Waals surface area contributed by atoms with Gasteiger partial charge in [0.1, 0.15) is 0 Å². The van der Waals surface area contributed by atoms with E-state index in [9.17, 15) is 4.79 Å². The lowest BCUT2D eigenvalue weighted by Crippen LogP contribution is -2.46. The molecule has 2 rings (SSSR count). The number of rotatable bonds is 4. The normalized spacial score (nSPS) is 20.1. The third-order valence-electron chi connectivity index (χ3n) is 3.38. The summed E-state index contributed by atoms with van der Waals surface area (Å²) in [5, 5.41) is 4.32. The molecule has 0 N–H and O–H groups in total. The van der Waals surface area contributed by atoms with Gasteiger partial charge in [0.05, 0.1) is 24.5 Å². The molecule has 0 bridgehead atoms. The third kappa shape index (κ3) is 3.28. The second-order valence-corrected chi connectivity index (χ2v) is 5.78. The molecular formula is C13H21N3OS. The van der Waals surface area contributed by atoms with E-state index >= 15 is 0 Å². The van der Waals surface area contributed by atoms with Gasteiger partial charge in [0.25, 0.3) is 0 Å². The number of thioether (sulfide) groups is 1. The lowest BCUT2D eigenvalue weighted by Gasteiger charge is -2.35. The first-order valence-electron chi connectivity index (χ1n) is 6.48. The van der Waals surface area contributed by atoms with Crippen molar-refractivity contribution in [2.75, 3.05) is 18.6 Å². The number of nitrogens with zero attached hydrogens (tertiary/aromatic N) is 3. The summed E-state index contributed by atoms with van der Waals surface area (Å²) in [6.07, 6.45) is 9.35. The number of hydrogen-bond donors (Lipinski definition) is 0. The molecule has 18 heavy (non-hydrogen) atoms. The predicted molar refractivity (Wildman–Crippen MR) is 74.7 cm³/mol. The van der Waals surface area contributed by atoms with Crippen LogP contribution in [0.25, 0.3) is 0 Å². The molecule has 0 spiro atoms. The van der Waals surface area contributed by atoms with Gasteiger partial charge in [0.15, 0.2) is 0 Å². The molecule has 1 amide bonds. The van der Waals surface area contributed by atoms with Crippen LogP contribution in [0.4, 0.5) is 0 Å². The van der Waals surface area contributed by atoms with E-state index in [-0.39, 0.29) is 5.91 Å². The number of aromatic nitrogens is 2. The largest absolute Gasteiger partial charge is 0.337 e. The van der Waals surface area contributed by atoms with Crippen molar-refractivity contribution in [3.05, 3.63) is 18.0 Å². The van der Waals surface area contributed by atoms with Crippen molar-refractivity contribution < 1.29 is 4.79 Å². The Bertz CT molecular complexity index is 405. The molecule has 1 aromatic rings. The molecule has 1 fully saturated rings. The Morgan fingerprint density at radius 3 is 3.06 bits per heavy atom. The molecule has 0 aliphatic carbocycles. The van der Waals surface area contributed by atoms with Crippen molar-refractivity contribution in [1.29, 1.82) is 0 Å². The highest BCUT2D eigenvalue weighted by Gasteiger charge is 2.26. The first-order valence-corrected chi connectivity index (χ1v) is 7.87. The molecule has 0 radical (unpaired) electrons. The van der Waals surface area contributed by atoms with Crippen LogP contribution in [0.2, 0.25) is 0 Å². The van der Waals surface area contributed by atoms with Crippen LogP contribution >= 0.6 is 11.8 Å². The van der Waals surface area contributed by atoms with E-state index in [2.05, 4.69) is 10.00 Å². The topological polar surface area (TPSA) is 38.1 Å². The number of carbonyl (C=O) groups excluding carboxylic acids is 1. The van der Waals surface area contributed by atoms with Crippen LogP contribution in [-0.2, 0) is 11.3 Å². The average Bonchev–Trinajstić information content (AvgIpc) is 2.76. The van der Waals surface area contributed by atoms with Crippen molar-refractivity contribution in [3.63, 3.8) is 0 Å². The van der Waals surface area contributed by atoms with Gasteiger partial charge in [-0.25, -0.2) is 0 Å². The van der Waals surface area contributed by atoms with E-state index in [1.165, 1.54) is 12.0 Å². The van der Waals surface area contributed by atoms with Crippen molar-refractivity contribution >= 4 is 17.7 Å². The molecule has 4 nitrogen and oxygen atoms in total. The zero-order valence-corrected chi connectivity index (χ0v) is 11.9. The first-order chi connectivity index (χ1) is 8.70. The predicted octanol–water partition coefficient (Wildman–Crippen LogP) is 1.94. The molecule has 0 saturated carbocycles. The maximum atomic E-state index is 12.1. The highest BCUT2D eigenvalue weighted by Crippen LogP contribution is 2.19. The summed E-state index contributed by atoms with van der Waals surface area (Å²) in [5.74, 6) is 0.866. The fourth-order valence-electron chi connectivity index (χ4n) is 2.51. The van der Waals surface area contributed by atoms with Gasteiger partial charge in [0.2, 0.25) is 5.91 Å². The van der Waals surface area contributed by atoms with E-state index < -0.39 is 0 Å². The Kier molecular flexibility index (Phi) is 4.69. The van der Waals surface area contributed by atoms with E-state index in [1.807, 2.05) is 30.3 Å². The molecule has 0 aromatic carbocycles. The minimum absolute atomic E-state index is 0.274. The summed E-state index contributed by atoms with van der Waals surface area (Å²) in [6, 6.07) is 0.317. The molecule has 1 aromatic heterocycles. The van der Waals surface area contributed by atoms with Crippen molar-refractivity contribution in [1.82, 2.24) is 14.7 Å². The van der Waals surface area contributed by atoms with Gasteiger partial charge >= 0.3 is 0 Å². The summed E-state index contributed by atoms with van der Waals surface area (Å²) in [7, 11) is 0. The van der Waals surface area contributed by atoms with Gasteiger partial charge in [-0.2, -0.15) is 16.9 Å². The lowest BCUT2D eigenvalue weighted by atomic mass is 10.0. The van der Waals surface area contributed by atoms with Gasteiger partial charge in [-0.1, -0.05) is 0 Å². The highest BCUT2D eigenvalue weighted by atomic mass is 32.2. The molecule has 1 aliphatic heterocycles. The molecule has 1 aliphatic rings. The quantitative estimate of drug-likeness (QED) is 0.836. The minimum Gasteiger partial charge on any atom is -0.337 e. The number of aryl methyl sites for hydroxylation is 1. The summed E-state index contributed by atoms with van der Waals surface area (Å²) < 4.78 is 1.96. The van der Waals surface area contributed by atoms with E-state index in [1.54, 1.807) is 11.8 Å². The van der Waals surface area contributed by atoms with Crippen LogP contribution in [0.1, 0.15) is 24.8 Å². The minimum atomic E-state index is 0.274. The Hall–Kier alpha value is -0.970. The molecule has 1 unspecified atom stereocenters. The molecule has 1 saturated heterocycles. The zero-order valence-electron chi connectivity index (χ0n) is 11.1. The molecular weight excluding hydrogens is 246 g/mol. The number of carbonyl (C=O) groups is 1. The van der Waals surface area contributed by atoms with Crippen molar-refractivity contribution in [2.24, 2.45) is 0 Å². The standard InChI is InChI=1S/C13H21N3OS/c1-11-7-14-15(8-11)9-12-5-3-4-6-16(12)13(17)10-18-2/h7-8,12H,3-6,9-10H2,1-2H3. The molecule has 100 valence electrons. The van der Waals surface area contributed by atoms with E-state index in [0.29, 0.717) is 11.8 Å². The average molecular weight is 267 g/mol. The number of hydrogen-bond acceptors (Lipinski definition) is 3. The SMILES string of the molecule is CSCC(=O)N1CCCCC1Cn1cc(C)cn1. The van der Waals surface area contributed by atoms with Gasteiger partial charge in [-0.15, -0.1) is 0 Å². The Balaban J connectivity index is 2.01. The number of amides is 1. The highest BCUT2D eigenvalue weighted by molar-refractivity contribution is 7.99. The van der Waals surface area contributed by atoms with Crippen molar-refractivity contribution in [2.45, 2.75) is 38.8 Å². The Morgan fingerprint density at radius 1 is 1.56 bits per heavy atom. The van der Waals surface area contributed by atoms with Gasteiger partial charge < -0.3 is 4.90 Å². The maximum Gasteiger partial charge on any atom is 0.232 e. The third-order valence-corrected chi connectivity index (χ3v) is 3.91. The second-order valence-electron chi connectivity index (χ2n) is 4.91. The number of piperidine rings is 1. The summed E-state index contributed by atoms with van der Waals surface area (Å²) in [4.78, 5) is 14.1. The van der Waals surface area contributed by atoms with E-state index in [0.717, 1.165) is 25.9 Å². The Labute approximate surface area is 113 Å². The van der Waals surface area contributed by atoms with E-state index in [4.69, 9.17) is 0 Å². The second kappa shape index (κ2) is 6.27. The van der Waals surface area contributed by atoms with Gasteiger partial charge in [-0.3, -0.25) is 9.48 Å². The first kappa shape index (κ1) is 13.5. The van der Waals surface area contributed by atoms with Crippen molar-refractivity contribution in [3.8, 4) is 0 Å². The maximum absolute atomic E-state index is 12.1. The van der Waals surface area contributed by atoms with Crippen LogP contribution in [0, 0.1) is 6.92 Å². The Morgan fingerprint density at radius 2 is 2.39 bits per heavy atom. The van der Waals surface area contributed by atoms with Crippen LogP contribution in [0.3, 0.4) is 0 Å². The van der Waals surface area contributed by atoms with Crippen LogP contribution in [-0.4, -0.2) is 45.2 Å². The van der Waals surface area contributed by atoms with Crippen LogP contribution in [0.15, 0.2) is 12.4 Å². The monoisotopic (exact) mass is 267 g/mol. The summed E-state index contributed by atoms with van der Waals surface area (Å²) in [5.41, 5.74) is 1.17. The van der Waals surface area contributed by atoms with Gasteiger partial charge in [0, 0.05) is 12.7 Å². The molecule has 5 heteroatoms. The zero-order chi connectivity index (χ0) is 13.0. The fraction of sp³-hybridized carbons (Fsp3) is 0.692. The fourth-order valence-corrected chi connectivity index (χ4v) is 2.92. The summed E-state index contributed by atoms with van der Waals surface area (Å²) in [6.45, 7) is 3.78. The lowest BCUT2D eigenvalue weighted by molar-refractivity contribution is -0.132. The van der Waals surface area contributed by atoms with Gasteiger partial charge in [-0.05, 0) is 38.0 Å². The smallest absolute Gasteiger partial charge is 0.232 e. The molecule has 1 atom stereocenters. The molecule has 2 heterocycles. The number of likely N-dealkylation sites (tertiary alicyclic amines) is 1. The van der Waals surface area contributed by atoms with Crippen LogP contribution in [0.5, 0.6) is 0 Å². The summed E-state index contributed by atoms with van der Waals surface area (Å²) >= 11 is 1.60.